The van der Waals surface area contributed by atoms with Crippen molar-refractivity contribution in [3.05, 3.63) is 33.2 Å². The highest BCUT2D eigenvalue weighted by atomic mass is 32.1. The molecule has 2 N–H and O–H groups in total. The molecule has 0 aliphatic rings. The molecule has 1 atom stereocenters. The second kappa shape index (κ2) is 4.80. The Morgan fingerprint density at radius 2 is 1.86 bits per heavy atom. The fourth-order valence-corrected chi connectivity index (χ4v) is 3.62. The lowest BCUT2D eigenvalue weighted by atomic mass is 10.2. The van der Waals surface area contributed by atoms with Gasteiger partial charge in [0.15, 0.2) is 0 Å². The maximum absolute atomic E-state index is 6.11. The normalized spacial score (nSPS) is 13.0. The molecule has 0 fully saturated rings. The number of nitrogens with two attached hydrogens (primary N) is 1. The van der Waals surface area contributed by atoms with Gasteiger partial charge in [0.2, 0.25) is 0 Å². The zero-order chi connectivity index (χ0) is 15.3. The van der Waals surface area contributed by atoms with E-state index in [1.165, 1.54) is 0 Å². The van der Waals surface area contributed by atoms with Crippen molar-refractivity contribution in [1.82, 2.24) is 19.5 Å². The number of nitrogen functional groups attached to an aromatic ring is 1. The van der Waals surface area contributed by atoms with Crippen molar-refractivity contribution in [3.8, 4) is 0 Å². The Hall–Kier alpha value is -1.95. The molecule has 0 aliphatic carbocycles. The SMILES string of the molecule is Cc1csc(C(C)n2c(C)c(C)c3c(N)nc(C)nc32)n1. The van der Waals surface area contributed by atoms with E-state index in [1.807, 2.05) is 13.8 Å². The highest BCUT2D eigenvalue weighted by molar-refractivity contribution is 7.09. The van der Waals surface area contributed by atoms with Crippen LogP contribution in [0.1, 0.15) is 40.7 Å². The van der Waals surface area contributed by atoms with Crippen molar-refractivity contribution in [2.75, 3.05) is 5.73 Å². The van der Waals surface area contributed by atoms with Gasteiger partial charge in [-0.3, -0.25) is 0 Å². The lowest BCUT2D eigenvalue weighted by Crippen LogP contribution is -2.10. The van der Waals surface area contributed by atoms with E-state index in [1.54, 1.807) is 11.3 Å². The van der Waals surface area contributed by atoms with Crippen molar-refractivity contribution in [2.24, 2.45) is 0 Å². The van der Waals surface area contributed by atoms with Crippen molar-refractivity contribution >= 4 is 28.2 Å². The zero-order valence-electron chi connectivity index (χ0n) is 12.9. The van der Waals surface area contributed by atoms with Crippen molar-refractivity contribution in [1.29, 1.82) is 0 Å². The quantitative estimate of drug-likeness (QED) is 0.788. The second-order valence-electron chi connectivity index (χ2n) is 5.44. The van der Waals surface area contributed by atoms with Gasteiger partial charge in [-0.25, -0.2) is 15.0 Å². The fraction of sp³-hybridized carbons (Fsp3) is 0.400. The van der Waals surface area contributed by atoms with Crippen molar-refractivity contribution in [3.63, 3.8) is 0 Å². The van der Waals surface area contributed by atoms with Crippen LogP contribution in [0.5, 0.6) is 0 Å². The van der Waals surface area contributed by atoms with Gasteiger partial charge in [0.25, 0.3) is 0 Å². The first-order valence-corrected chi connectivity index (χ1v) is 7.81. The van der Waals surface area contributed by atoms with E-state index in [9.17, 15) is 0 Å². The molecular formula is C15H19N5S. The van der Waals surface area contributed by atoms with Gasteiger partial charge in [0.05, 0.1) is 11.4 Å². The van der Waals surface area contributed by atoms with Crippen LogP contribution in [0.2, 0.25) is 0 Å². The Labute approximate surface area is 127 Å². The molecule has 3 aromatic rings. The molecule has 0 radical (unpaired) electrons. The van der Waals surface area contributed by atoms with Gasteiger partial charge >= 0.3 is 0 Å². The third kappa shape index (κ3) is 2.10. The van der Waals surface area contributed by atoms with Crippen LogP contribution in [0.15, 0.2) is 5.38 Å². The summed E-state index contributed by atoms with van der Waals surface area (Å²) in [6.45, 7) is 10.2. The predicted octanol–water partition coefficient (Wildman–Crippen LogP) is 3.31. The topological polar surface area (TPSA) is 69.6 Å². The molecule has 0 aromatic carbocycles. The van der Waals surface area contributed by atoms with Crippen LogP contribution in [0.25, 0.3) is 11.0 Å². The highest BCUT2D eigenvalue weighted by Gasteiger charge is 2.22. The average Bonchev–Trinajstić information content (AvgIpc) is 2.93. The third-order valence-electron chi connectivity index (χ3n) is 3.92. The Balaban J connectivity index is 2.29. The molecule has 1 unspecified atom stereocenters. The summed E-state index contributed by atoms with van der Waals surface area (Å²) in [4.78, 5) is 13.5. The Bertz CT molecular complexity index is 830. The van der Waals surface area contributed by atoms with Crippen molar-refractivity contribution < 1.29 is 0 Å². The minimum absolute atomic E-state index is 0.133. The van der Waals surface area contributed by atoms with Crippen LogP contribution >= 0.6 is 11.3 Å². The minimum Gasteiger partial charge on any atom is -0.383 e. The van der Waals surface area contributed by atoms with Gasteiger partial charge in [0, 0.05) is 16.8 Å². The molecule has 3 heterocycles. The lowest BCUT2D eigenvalue weighted by molar-refractivity contribution is 0.633. The van der Waals surface area contributed by atoms with Crippen LogP contribution in [0.4, 0.5) is 5.82 Å². The molecule has 0 amide bonds. The van der Waals surface area contributed by atoms with E-state index in [-0.39, 0.29) is 6.04 Å². The molecule has 6 heteroatoms. The minimum atomic E-state index is 0.133. The average molecular weight is 301 g/mol. The van der Waals surface area contributed by atoms with Gasteiger partial charge in [0.1, 0.15) is 22.3 Å². The van der Waals surface area contributed by atoms with Gasteiger partial charge < -0.3 is 10.3 Å². The zero-order valence-corrected chi connectivity index (χ0v) is 13.7. The molecule has 3 rings (SSSR count). The van der Waals surface area contributed by atoms with E-state index in [0.717, 1.165) is 33.0 Å². The standard InChI is InChI=1S/C15H19N5S/c1-7-6-21-15(17-7)10(4)20-9(3)8(2)12-13(16)18-11(5)19-14(12)20/h6,10H,1-5H3,(H2,16,18,19). The maximum Gasteiger partial charge on any atom is 0.146 e. The number of aryl methyl sites for hydroxylation is 3. The number of aromatic nitrogens is 4. The largest absolute Gasteiger partial charge is 0.383 e. The van der Waals surface area contributed by atoms with Gasteiger partial charge in [-0.1, -0.05) is 0 Å². The second-order valence-corrected chi connectivity index (χ2v) is 6.33. The summed E-state index contributed by atoms with van der Waals surface area (Å²) in [7, 11) is 0. The maximum atomic E-state index is 6.11. The molecule has 0 spiro atoms. The number of fused-ring (bicyclic) bond motifs is 1. The predicted molar refractivity (Wildman–Crippen MR) is 86.8 cm³/mol. The van der Waals surface area contributed by atoms with E-state index in [4.69, 9.17) is 5.73 Å². The molecular weight excluding hydrogens is 282 g/mol. The summed E-state index contributed by atoms with van der Waals surface area (Å²) in [5.74, 6) is 1.25. The van der Waals surface area contributed by atoms with Gasteiger partial charge in [-0.2, -0.15) is 0 Å². The number of hydrogen-bond donors (Lipinski definition) is 1. The smallest absolute Gasteiger partial charge is 0.146 e. The number of thiazole rings is 1. The molecule has 21 heavy (non-hydrogen) atoms. The van der Waals surface area contributed by atoms with Crippen LogP contribution in [-0.4, -0.2) is 19.5 Å². The molecule has 110 valence electrons. The Morgan fingerprint density at radius 1 is 1.14 bits per heavy atom. The van der Waals surface area contributed by atoms with Gasteiger partial charge in [-0.05, 0) is 40.2 Å². The van der Waals surface area contributed by atoms with E-state index in [0.29, 0.717) is 11.6 Å². The Kier molecular flexibility index (Phi) is 3.20. The first kappa shape index (κ1) is 14.0. The van der Waals surface area contributed by atoms with Crippen LogP contribution < -0.4 is 5.73 Å². The van der Waals surface area contributed by atoms with E-state index < -0.39 is 0 Å². The number of rotatable bonds is 2. The first-order valence-electron chi connectivity index (χ1n) is 6.93. The Morgan fingerprint density at radius 3 is 2.48 bits per heavy atom. The molecule has 5 nitrogen and oxygen atoms in total. The summed E-state index contributed by atoms with van der Waals surface area (Å²) in [5.41, 5.74) is 10.4. The van der Waals surface area contributed by atoms with Crippen LogP contribution in [0, 0.1) is 27.7 Å². The van der Waals surface area contributed by atoms with Crippen molar-refractivity contribution in [2.45, 2.75) is 40.7 Å². The summed E-state index contributed by atoms with van der Waals surface area (Å²) >= 11 is 1.68. The van der Waals surface area contributed by atoms with E-state index in [2.05, 4.69) is 45.7 Å². The summed E-state index contributed by atoms with van der Waals surface area (Å²) in [6, 6.07) is 0.133. The highest BCUT2D eigenvalue weighted by Crippen LogP contribution is 2.33. The molecule has 0 aliphatic heterocycles. The molecule has 0 saturated carbocycles. The van der Waals surface area contributed by atoms with Gasteiger partial charge in [-0.15, -0.1) is 11.3 Å². The number of anilines is 1. The summed E-state index contributed by atoms with van der Waals surface area (Å²) in [6.07, 6.45) is 0. The fourth-order valence-electron chi connectivity index (χ4n) is 2.78. The number of hydrogen-bond acceptors (Lipinski definition) is 5. The summed E-state index contributed by atoms with van der Waals surface area (Å²) < 4.78 is 2.22. The monoisotopic (exact) mass is 301 g/mol. The third-order valence-corrected chi connectivity index (χ3v) is 5.05. The van der Waals surface area contributed by atoms with Crippen LogP contribution in [0.3, 0.4) is 0 Å². The van der Waals surface area contributed by atoms with Crippen LogP contribution in [-0.2, 0) is 0 Å². The lowest BCUT2D eigenvalue weighted by Gasteiger charge is -2.15. The number of nitrogens with zero attached hydrogens (tertiary/aromatic N) is 4. The molecule has 3 aromatic heterocycles. The molecule has 0 bridgehead atoms. The molecule has 0 saturated heterocycles. The first-order chi connectivity index (χ1) is 9.90. The summed E-state index contributed by atoms with van der Waals surface area (Å²) in [5, 5.41) is 4.12. The van der Waals surface area contributed by atoms with E-state index >= 15 is 0 Å².